The van der Waals surface area contributed by atoms with Gasteiger partial charge in [0.15, 0.2) is 0 Å². The first-order valence-electron chi connectivity index (χ1n) is 7.80. The molecule has 0 aliphatic heterocycles. The van der Waals surface area contributed by atoms with Gasteiger partial charge in [0.1, 0.15) is 6.04 Å². The molecule has 0 spiro atoms. The van der Waals surface area contributed by atoms with Crippen molar-refractivity contribution < 1.29 is 4.79 Å². The molecule has 0 bridgehead atoms. The second-order valence-electron chi connectivity index (χ2n) is 5.86. The van der Waals surface area contributed by atoms with Crippen LogP contribution in [0.15, 0.2) is 42.7 Å². The summed E-state index contributed by atoms with van der Waals surface area (Å²) in [5.74, 6) is 0.0605. The average molecular weight is 298 g/mol. The molecule has 0 radical (unpaired) electrons. The van der Waals surface area contributed by atoms with Gasteiger partial charge in [-0.15, -0.1) is 0 Å². The summed E-state index contributed by atoms with van der Waals surface area (Å²) < 4.78 is 1.89. The molecule has 116 valence electrons. The first kappa shape index (κ1) is 14.8. The normalized spacial score (nSPS) is 15.5. The van der Waals surface area contributed by atoms with Crippen LogP contribution in [0.3, 0.4) is 0 Å². The third-order valence-corrected chi connectivity index (χ3v) is 3.77. The molecule has 0 saturated heterocycles. The van der Waals surface area contributed by atoms with Crippen LogP contribution in [0.25, 0.3) is 0 Å². The lowest BCUT2D eigenvalue weighted by atomic mass is 10.1. The fourth-order valence-electron chi connectivity index (χ4n) is 2.43. The lowest BCUT2D eigenvalue weighted by Gasteiger charge is -2.19. The fourth-order valence-corrected chi connectivity index (χ4v) is 2.43. The van der Waals surface area contributed by atoms with Gasteiger partial charge in [0.2, 0.25) is 5.91 Å². The number of aryl methyl sites for hydroxylation is 1. The third kappa shape index (κ3) is 3.95. The minimum absolute atomic E-state index is 0.0605. The molecule has 1 aliphatic carbocycles. The summed E-state index contributed by atoms with van der Waals surface area (Å²) in [4.78, 5) is 12.4. The molecule has 1 atom stereocenters. The molecule has 1 aliphatic rings. The highest BCUT2D eigenvalue weighted by molar-refractivity contribution is 5.83. The molecule has 1 saturated carbocycles. The molecule has 1 amide bonds. The molecule has 2 N–H and O–H groups in total. The molecule has 1 aromatic heterocycles. The predicted molar refractivity (Wildman–Crippen MR) is 85.3 cm³/mol. The molecule has 1 fully saturated rings. The number of aromatic nitrogens is 2. The summed E-state index contributed by atoms with van der Waals surface area (Å²) in [7, 11) is 0. The molecular weight excluding hydrogens is 276 g/mol. The Kier molecular flexibility index (Phi) is 4.53. The van der Waals surface area contributed by atoms with Gasteiger partial charge in [0, 0.05) is 18.8 Å². The van der Waals surface area contributed by atoms with Crippen molar-refractivity contribution in [2.24, 2.45) is 0 Å². The highest BCUT2D eigenvalue weighted by atomic mass is 16.2. The third-order valence-electron chi connectivity index (χ3n) is 3.77. The Morgan fingerprint density at radius 2 is 2.14 bits per heavy atom. The number of nitrogens with one attached hydrogen (secondary N) is 2. The quantitative estimate of drug-likeness (QED) is 0.819. The molecule has 0 unspecified atom stereocenters. The van der Waals surface area contributed by atoms with Crippen LogP contribution in [-0.2, 0) is 11.3 Å². The van der Waals surface area contributed by atoms with Crippen LogP contribution in [0.5, 0.6) is 0 Å². The van der Waals surface area contributed by atoms with Crippen molar-refractivity contribution >= 4 is 5.91 Å². The van der Waals surface area contributed by atoms with Crippen molar-refractivity contribution in [2.45, 2.75) is 38.4 Å². The Labute approximate surface area is 130 Å². The molecule has 1 heterocycles. The lowest BCUT2D eigenvalue weighted by molar-refractivity contribution is -0.123. The van der Waals surface area contributed by atoms with Gasteiger partial charge in [0.05, 0.1) is 12.7 Å². The van der Waals surface area contributed by atoms with Gasteiger partial charge in [-0.3, -0.25) is 9.48 Å². The van der Waals surface area contributed by atoms with Gasteiger partial charge in [-0.25, -0.2) is 0 Å². The van der Waals surface area contributed by atoms with Crippen LogP contribution in [0.4, 0.5) is 0 Å². The Morgan fingerprint density at radius 3 is 2.77 bits per heavy atom. The molecule has 3 rings (SSSR count). The summed E-state index contributed by atoms with van der Waals surface area (Å²) >= 11 is 0. The number of carbonyl (C=O) groups excluding carboxylic acids is 1. The largest absolute Gasteiger partial charge is 0.352 e. The van der Waals surface area contributed by atoms with Gasteiger partial charge < -0.3 is 10.6 Å². The van der Waals surface area contributed by atoms with Crippen LogP contribution in [0.1, 0.15) is 30.0 Å². The summed E-state index contributed by atoms with van der Waals surface area (Å²) in [6.45, 7) is 3.46. The molecule has 22 heavy (non-hydrogen) atoms. The molecule has 2 aromatic rings. The summed E-state index contributed by atoms with van der Waals surface area (Å²) in [5, 5.41) is 10.7. The van der Waals surface area contributed by atoms with Gasteiger partial charge in [-0.2, -0.15) is 5.10 Å². The van der Waals surface area contributed by atoms with Crippen molar-refractivity contribution in [2.75, 3.05) is 6.54 Å². The second-order valence-corrected chi connectivity index (χ2v) is 5.86. The highest BCUT2D eigenvalue weighted by Gasteiger charge is 2.27. The number of nitrogens with zero attached hydrogens (tertiary/aromatic N) is 2. The topological polar surface area (TPSA) is 59.0 Å². The van der Waals surface area contributed by atoms with E-state index in [2.05, 4.69) is 15.7 Å². The van der Waals surface area contributed by atoms with Crippen molar-refractivity contribution in [3.63, 3.8) is 0 Å². The Hall–Kier alpha value is -2.14. The van der Waals surface area contributed by atoms with E-state index in [0.29, 0.717) is 12.6 Å². The number of hydrogen-bond donors (Lipinski definition) is 2. The van der Waals surface area contributed by atoms with E-state index >= 15 is 0 Å². The number of benzene rings is 1. The second kappa shape index (κ2) is 6.75. The highest BCUT2D eigenvalue weighted by Crippen LogP contribution is 2.21. The Bertz CT molecular complexity index is 619. The number of amides is 1. The van der Waals surface area contributed by atoms with E-state index in [1.54, 1.807) is 0 Å². The van der Waals surface area contributed by atoms with Crippen molar-refractivity contribution in [1.82, 2.24) is 20.4 Å². The van der Waals surface area contributed by atoms with Gasteiger partial charge in [0.25, 0.3) is 0 Å². The Balaban J connectivity index is 1.61. The SMILES string of the molecule is Cc1cnn(CCN[C@@H](C(=O)NC2CC2)c2ccccc2)c1. The van der Waals surface area contributed by atoms with Crippen LogP contribution >= 0.6 is 0 Å². The lowest BCUT2D eigenvalue weighted by Crippen LogP contribution is -2.39. The van der Waals surface area contributed by atoms with E-state index in [4.69, 9.17) is 0 Å². The fraction of sp³-hybridized carbons (Fsp3) is 0.412. The number of carbonyl (C=O) groups is 1. The zero-order chi connectivity index (χ0) is 15.4. The summed E-state index contributed by atoms with van der Waals surface area (Å²) in [6.07, 6.45) is 6.04. The Morgan fingerprint density at radius 1 is 1.36 bits per heavy atom. The van der Waals surface area contributed by atoms with Crippen molar-refractivity contribution in [1.29, 1.82) is 0 Å². The zero-order valence-electron chi connectivity index (χ0n) is 12.8. The van der Waals surface area contributed by atoms with E-state index in [1.165, 1.54) is 0 Å². The van der Waals surface area contributed by atoms with Crippen molar-refractivity contribution in [3.05, 3.63) is 53.9 Å². The van der Waals surface area contributed by atoms with Gasteiger partial charge in [-0.1, -0.05) is 30.3 Å². The van der Waals surface area contributed by atoms with Crippen molar-refractivity contribution in [3.8, 4) is 0 Å². The molecule has 5 heteroatoms. The molecule has 5 nitrogen and oxygen atoms in total. The van der Waals surface area contributed by atoms with Crippen LogP contribution in [0, 0.1) is 6.92 Å². The smallest absolute Gasteiger partial charge is 0.241 e. The predicted octanol–water partition coefficient (Wildman–Crippen LogP) is 1.80. The average Bonchev–Trinajstić information content (AvgIpc) is 3.24. The van der Waals surface area contributed by atoms with E-state index in [-0.39, 0.29) is 11.9 Å². The minimum atomic E-state index is -0.307. The summed E-state index contributed by atoms with van der Waals surface area (Å²) in [6, 6.07) is 9.93. The maximum Gasteiger partial charge on any atom is 0.241 e. The summed E-state index contributed by atoms with van der Waals surface area (Å²) in [5.41, 5.74) is 2.14. The van der Waals surface area contributed by atoms with Crippen LogP contribution in [0.2, 0.25) is 0 Å². The standard InChI is InChI=1S/C17H22N4O/c1-13-11-19-21(12-13)10-9-18-16(14-5-3-2-4-6-14)17(22)20-15-7-8-15/h2-6,11-12,15-16,18H,7-10H2,1H3,(H,20,22)/t16-/m1/s1. The molecule has 1 aromatic carbocycles. The van der Waals surface area contributed by atoms with Gasteiger partial charge in [-0.05, 0) is 30.9 Å². The first-order valence-corrected chi connectivity index (χ1v) is 7.80. The van der Waals surface area contributed by atoms with Crippen LogP contribution in [-0.4, -0.2) is 28.3 Å². The van der Waals surface area contributed by atoms with Crippen LogP contribution < -0.4 is 10.6 Å². The first-order chi connectivity index (χ1) is 10.7. The van der Waals surface area contributed by atoms with E-state index in [9.17, 15) is 4.79 Å². The number of hydrogen-bond acceptors (Lipinski definition) is 3. The molecular formula is C17H22N4O. The monoisotopic (exact) mass is 298 g/mol. The maximum absolute atomic E-state index is 12.4. The van der Waals surface area contributed by atoms with E-state index < -0.39 is 0 Å². The van der Waals surface area contributed by atoms with Gasteiger partial charge >= 0.3 is 0 Å². The number of rotatable bonds is 7. The minimum Gasteiger partial charge on any atom is -0.352 e. The van der Waals surface area contributed by atoms with E-state index in [1.807, 2.05) is 54.3 Å². The zero-order valence-corrected chi connectivity index (χ0v) is 12.8. The maximum atomic E-state index is 12.4. The van der Waals surface area contributed by atoms with E-state index in [0.717, 1.165) is 30.5 Å².